The van der Waals surface area contributed by atoms with Gasteiger partial charge in [0, 0.05) is 35.7 Å². The number of aryl methyl sites for hydroxylation is 2. The Bertz CT molecular complexity index is 1360. The Hall–Kier alpha value is -3.27. The number of aromatic nitrogens is 1. The quantitative estimate of drug-likeness (QED) is 0.367. The van der Waals surface area contributed by atoms with E-state index in [-0.39, 0.29) is 29.3 Å². The molecule has 0 N–H and O–H groups in total. The summed E-state index contributed by atoms with van der Waals surface area (Å²) >= 11 is 0. The Kier molecular flexibility index (Phi) is 7.20. The van der Waals surface area contributed by atoms with E-state index in [4.69, 9.17) is 9.47 Å². The van der Waals surface area contributed by atoms with E-state index in [1.54, 1.807) is 19.1 Å². The molecule has 2 heterocycles. The monoisotopic (exact) mass is 496 g/mol. The lowest BCUT2D eigenvalue weighted by molar-refractivity contribution is 0.0474. The van der Waals surface area contributed by atoms with Gasteiger partial charge in [-0.2, -0.15) is 4.31 Å². The molecule has 0 aliphatic carbocycles. The molecule has 0 radical (unpaired) electrons. The number of ether oxygens (including phenoxy) is 2. The van der Waals surface area contributed by atoms with Gasteiger partial charge in [0.1, 0.15) is 0 Å². The van der Waals surface area contributed by atoms with Crippen molar-refractivity contribution in [2.45, 2.75) is 25.7 Å². The molecule has 35 heavy (non-hydrogen) atoms. The molecule has 1 aromatic heterocycles. The van der Waals surface area contributed by atoms with E-state index in [9.17, 15) is 18.0 Å². The highest BCUT2D eigenvalue weighted by Crippen LogP contribution is 2.24. The first kappa shape index (κ1) is 24.8. The van der Waals surface area contributed by atoms with Crippen LogP contribution in [0.1, 0.15) is 37.7 Å². The zero-order valence-corrected chi connectivity index (χ0v) is 20.8. The number of rotatable bonds is 7. The lowest BCUT2D eigenvalue weighted by Crippen LogP contribution is -2.40. The predicted molar refractivity (Wildman–Crippen MR) is 131 cm³/mol. The molecule has 1 aliphatic rings. The van der Waals surface area contributed by atoms with Gasteiger partial charge in [-0.1, -0.05) is 24.3 Å². The Morgan fingerprint density at radius 1 is 0.971 bits per heavy atom. The van der Waals surface area contributed by atoms with Crippen LogP contribution in [0.5, 0.6) is 0 Å². The van der Waals surface area contributed by atoms with Crippen LogP contribution >= 0.6 is 0 Å². The number of sulfonamides is 1. The van der Waals surface area contributed by atoms with Gasteiger partial charge in [0.15, 0.2) is 6.61 Å². The third kappa shape index (κ3) is 5.07. The number of carbonyl (C=O) groups excluding carboxylic acids is 2. The minimum Gasteiger partial charge on any atom is -0.454 e. The van der Waals surface area contributed by atoms with Crippen LogP contribution < -0.4 is 0 Å². The lowest BCUT2D eigenvalue weighted by atomic mass is 10.1. The second kappa shape index (κ2) is 10.2. The maximum absolute atomic E-state index is 13.1. The van der Waals surface area contributed by atoms with Crippen LogP contribution in [0.15, 0.2) is 59.5 Å². The minimum atomic E-state index is -3.78. The smallest absolute Gasteiger partial charge is 0.338 e. The van der Waals surface area contributed by atoms with Crippen LogP contribution in [-0.4, -0.2) is 62.0 Å². The summed E-state index contributed by atoms with van der Waals surface area (Å²) in [6.45, 7) is 6.15. The molecule has 1 aliphatic heterocycles. The molecule has 0 amide bonds. The second-order valence-electron chi connectivity index (χ2n) is 8.45. The number of hydrogen-bond donors (Lipinski definition) is 0. The molecular formula is C26H28N2O6S. The number of esters is 1. The van der Waals surface area contributed by atoms with Crippen molar-refractivity contribution < 1.29 is 27.5 Å². The first-order valence-electron chi connectivity index (χ1n) is 11.3. The van der Waals surface area contributed by atoms with Crippen molar-refractivity contribution in [1.29, 1.82) is 0 Å². The van der Waals surface area contributed by atoms with Crippen LogP contribution in [0, 0.1) is 20.8 Å². The Labute approximate surface area is 205 Å². The largest absolute Gasteiger partial charge is 0.454 e. The van der Waals surface area contributed by atoms with Crippen LogP contribution in [0.25, 0.3) is 5.69 Å². The summed E-state index contributed by atoms with van der Waals surface area (Å²) in [6, 6.07) is 15.8. The van der Waals surface area contributed by atoms with Crippen LogP contribution in [0.2, 0.25) is 0 Å². The van der Waals surface area contributed by atoms with E-state index in [0.717, 1.165) is 17.1 Å². The summed E-state index contributed by atoms with van der Waals surface area (Å²) in [7, 11) is -3.78. The highest BCUT2D eigenvalue weighted by atomic mass is 32.2. The summed E-state index contributed by atoms with van der Waals surface area (Å²) in [5.74, 6) is -1.09. The SMILES string of the molecule is Cc1ccc(C(=O)OCC(=O)c2cc(C)n(-c3ccccc3)c2C)cc1S(=O)(=O)N1CCOCC1. The van der Waals surface area contributed by atoms with Gasteiger partial charge in [-0.25, -0.2) is 13.2 Å². The molecule has 8 nitrogen and oxygen atoms in total. The van der Waals surface area contributed by atoms with E-state index in [0.29, 0.717) is 24.3 Å². The van der Waals surface area contributed by atoms with Gasteiger partial charge in [-0.15, -0.1) is 0 Å². The van der Waals surface area contributed by atoms with Gasteiger partial charge in [0.25, 0.3) is 0 Å². The summed E-state index contributed by atoms with van der Waals surface area (Å²) < 4.78 is 40.0. The molecule has 1 fully saturated rings. The fraction of sp³-hybridized carbons (Fsp3) is 0.308. The number of morpholine rings is 1. The van der Waals surface area contributed by atoms with Crippen molar-refractivity contribution >= 4 is 21.8 Å². The minimum absolute atomic E-state index is 0.0478. The molecule has 0 unspecified atom stereocenters. The fourth-order valence-corrected chi connectivity index (χ4v) is 5.90. The molecular weight excluding hydrogens is 468 g/mol. The molecule has 1 saturated heterocycles. The van der Waals surface area contributed by atoms with E-state index >= 15 is 0 Å². The highest BCUT2D eigenvalue weighted by molar-refractivity contribution is 7.89. The summed E-state index contributed by atoms with van der Waals surface area (Å²) in [5, 5.41) is 0. The average Bonchev–Trinajstić information content (AvgIpc) is 3.17. The summed E-state index contributed by atoms with van der Waals surface area (Å²) in [6.07, 6.45) is 0. The average molecular weight is 497 g/mol. The number of benzene rings is 2. The van der Waals surface area contributed by atoms with E-state index < -0.39 is 22.6 Å². The first-order chi connectivity index (χ1) is 16.7. The molecule has 0 atom stereocenters. The number of ketones is 1. The highest BCUT2D eigenvalue weighted by Gasteiger charge is 2.29. The van der Waals surface area contributed by atoms with Gasteiger partial charge in [-0.3, -0.25) is 4.79 Å². The van der Waals surface area contributed by atoms with E-state index in [1.165, 1.54) is 16.4 Å². The zero-order valence-electron chi connectivity index (χ0n) is 20.0. The number of carbonyl (C=O) groups is 2. The van der Waals surface area contributed by atoms with Crippen LogP contribution in [0.3, 0.4) is 0 Å². The molecule has 0 spiro atoms. The van der Waals surface area contributed by atoms with Gasteiger partial charge in [-0.05, 0) is 56.7 Å². The molecule has 0 saturated carbocycles. The molecule has 2 aromatic carbocycles. The predicted octanol–water partition coefficient (Wildman–Crippen LogP) is 3.46. The lowest BCUT2D eigenvalue weighted by Gasteiger charge is -2.26. The number of para-hydroxylation sites is 1. The van der Waals surface area contributed by atoms with Crippen molar-refractivity contribution in [1.82, 2.24) is 8.87 Å². The Morgan fingerprint density at radius 3 is 2.34 bits per heavy atom. The van der Waals surface area contributed by atoms with Crippen molar-refractivity contribution in [3.05, 3.63) is 82.7 Å². The van der Waals surface area contributed by atoms with Gasteiger partial charge in [0.2, 0.25) is 15.8 Å². The van der Waals surface area contributed by atoms with Crippen molar-refractivity contribution in [3.63, 3.8) is 0 Å². The third-order valence-corrected chi connectivity index (χ3v) is 8.13. The zero-order chi connectivity index (χ0) is 25.2. The van der Waals surface area contributed by atoms with Gasteiger partial charge in [0.05, 0.1) is 23.7 Å². The first-order valence-corrected chi connectivity index (χ1v) is 12.8. The topological polar surface area (TPSA) is 94.9 Å². The van der Waals surface area contributed by atoms with Gasteiger partial charge >= 0.3 is 5.97 Å². The number of hydrogen-bond acceptors (Lipinski definition) is 6. The maximum Gasteiger partial charge on any atom is 0.338 e. The fourth-order valence-electron chi connectivity index (χ4n) is 4.24. The van der Waals surface area contributed by atoms with E-state index in [2.05, 4.69) is 0 Å². The molecule has 3 aromatic rings. The standard InChI is InChI=1S/C26H28N2O6S/c1-18-9-10-21(16-25(18)35(31,32)27-11-13-33-14-12-27)26(30)34-17-24(29)23-15-19(2)28(20(23)3)22-7-5-4-6-8-22/h4-10,15-16H,11-14,17H2,1-3H3. The molecule has 9 heteroatoms. The maximum atomic E-state index is 13.1. The Balaban J connectivity index is 1.50. The van der Waals surface area contributed by atoms with Crippen LogP contribution in [0.4, 0.5) is 0 Å². The molecule has 4 rings (SSSR count). The van der Waals surface area contributed by atoms with Crippen molar-refractivity contribution in [3.8, 4) is 5.69 Å². The molecule has 0 bridgehead atoms. The van der Waals surface area contributed by atoms with Crippen LogP contribution in [-0.2, 0) is 19.5 Å². The van der Waals surface area contributed by atoms with Crippen molar-refractivity contribution in [2.24, 2.45) is 0 Å². The third-order valence-electron chi connectivity index (χ3n) is 6.09. The number of Topliss-reactive ketones (excluding diaryl/α,β-unsaturated/α-hetero) is 1. The Morgan fingerprint density at radius 2 is 1.66 bits per heavy atom. The second-order valence-corrected chi connectivity index (χ2v) is 10.4. The normalized spacial score (nSPS) is 14.6. The summed E-state index contributed by atoms with van der Waals surface area (Å²) in [5.41, 5.74) is 3.65. The number of nitrogens with zero attached hydrogens (tertiary/aromatic N) is 2. The van der Waals surface area contributed by atoms with E-state index in [1.807, 2.05) is 48.7 Å². The van der Waals surface area contributed by atoms with Crippen molar-refractivity contribution in [2.75, 3.05) is 32.9 Å². The summed E-state index contributed by atoms with van der Waals surface area (Å²) in [4.78, 5) is 25.6. The molecule has 184 valence electrons. The van der Waals surface area contributed by atoms with Gasteiger partial charge < -0.3 is 14.0 Å².